The van der Waals surface area contributed by atoms with Crippen molar-refractivity contribution >= 4 is 65.5 Å². The van der Waals surface area contributed by atoms with Crippen molar-refractivity contribution in [1.29, 1.82) is 0 Å². The molecule has 0 amide bonds. The molecule has 12 aromatic rings. The summed E-state index contributed by atoms with van der Waals surface area (Å²) in [4.78, 5) is 20.7. The van der Waals surface area contributed by atoms with Gasteiger partial charge in [0, 0.05) is 32.7 Å². The second-order valence-electron chi connectivity index (χ2n) is 14.3. The molecule has 4 heterocycles. The fourth-order valence-corrected chi connectivity index (χ4v) is 8.45. The summed E-state index contributed by atoms with van der Waals surface area (Å²) in [5, 5.41) is 6.76. The van der Waals surface area contributed by atoms with Gasteiger partial charge in [0.1, 0.15) is 5.52 Å². The third-order valence-corrected chi connectivity index (χ3v) is 11.0. The molecule has 0 radical (unpaired) electrons. The fourth-order valence-electron chi connectivity index (χ4n) is 8.45. The Balaban J connectivity index is 1.14. The highest BCUT2D eigenvalue weighted by Gasteiger charge is 2.25. The number of nitrogens with zero attached hydrogens (tertiary/aromatic N) is 6. The zero-order valence-corrected chi connectivity index (χ0v) is 30.4. The van der Waals surface area contributed by atoms with Crippen LogP contribution in [0, 0.1) is 0 Å². The average molecular weight is 731 g/mol. The molecule has 0 aliphatic carbocycles. The Morgan fingerprint density at radius 3 is 1.67 bits per heavy atom. The van der Waals surface area contributed by atoms with Gasteiger partial charge < -0.3 is 4.42 Å². The topological polar surface area (TPSA) is 74.6 Å². The van der Waals surface area contributed by atoms with E-state index in [0.29, 0.717) is 23.6 Å². The Bertz CT molecular complexity index is 3490. The van der Waals surface area contributed by atoms with Crippen LogP contribution in [0.1, 0.15) is 0 Å². The normalized spacial score (nSPS) is 11.9. The maximum Gasteiger partial charge on any atom is 0.307 e. The van der Waals surface area contributed by atoms with Crippen LogP contribution in [0.25, 0.3) is 111 Å². The lowest BCUT2D eigenvalue weighted by Crippen LogP contribution is -2.07. The van der Waals surface area contributed by atoms with E-state index in [1.807, 2.05) is 54.6 Å². The summed E-state index contributed by atoms with van der Waals surface area (Å²) in [5.41, 5.74) is 9.53. The van der Waals surface area contributed by atoms with E-state index in [2.05, 4.69) is 137 Å². The molecule has 4 aromatic heterocycles. The number of hydrogen-bond acceptors (Lipinski definition) is 5. The van der Waals surface area contributed by atoms with E-state index in [0.717, 1.165) is 71.4 Å². The first-order chi connectivity index (χ1) is 28.3. The van der Waals surface area contributed by atoms with Crippen molar-refractivity contribution in [3.05, 3.63) is 182 Å². The van der Waals surface area contributed by atoms with E-state index in [-0.39, 0.29) is 0 Å². The molecule has 0 N–H and O–H groups in total. The summed E-state index contributed by atoms with van der Waals surface area (Å²) in [6.07, 6.45) is 0. The SMILES string of the molecule is c1ccc(-c2nc(-c3ccc(-c4cccc5ccccc45)cc3)nc(-n3c4ccccc4c4ccc5c6ccccc6n(-c6nc7ccccc7o6)c5c43)n2)cc1. The molecule has 7 heteroatoms. The number of benzene rings is 8. The van der Waals surface area contributed by atoms with Crippen molar-refractivity contribution in [3.63, 3.8) is 0 Å². The molecule has 8 aromatic carbocycles. The molecule has 0 saturated heterocycles. The van der Waals surface area contributed by atoms with Gasteiger partial charge in [-0.15, -0.1) is 0 Å². The van der Waals surface area contributed by atoms with Gasteiger partial charge in [0.05, 0.1) is 22.1 Å². The molecule has 7 nitrogen and oxygen atoms in total. The van der Waals surface area contributed by atoms with Gasteiger partial charge in [-0.05, 0) is 46.2 Å². The first kappa shape index (κ1) is 31.5. The molecule has 0 aliphatic heterocycles. The third-order valence-electron chi connectivity index (χ3n) is 11.0. The molecule has 0 unspecified atom stereocenters. The first-order valence-electron chi connectivity index (χ1n) is 19.0. The van der Waals surface area contributed by atoms with Crippen LogP contribution in [0.5, 0.6) is 0 Å². The summed E-state index contributed by atoms with van der Waals surface area (Å²) in [7, 11) is 0. The minimum Gasteiger partial charge on any atom is -0.423 e. The predicted molar refractivity (Wildman–Crippen MR) is 230 cm³/mol. The quantitative estimate of drug-likeness (QED) is 0.176. The van der Waals surface area contributed by atoms with E-state index in [9.17, 15) is 0 Å². The highest BCUT2D eigenvalue weighted by atomic mass is 16.4. The summed E-state index contributed by atoms with van der Waals surface area (Å²) in [5.74, 6) is 1.69. The van der Waals surface area contributed by atoms with E-state index in [1.165, 1.54) is 16.3 Å². The van der Waals surface area contributed by atoms with Crippen LogP contribution < -0.4 is 0 Å². The molecule has 0 bridgehead atoms. The van der Waals surface area contributed by atoms with Crippen LogP contribution in [0.2, 0.25) is 0 Å². The number of hydrogen-bond donors (Lipinski definition) is 0. The number of fused-ring (bicyclic) bond motifs is 9. The molecule has 0 spiro atoms. The molecule has 0 fully saturated rings. The van der Waals surface area contributed by atoms with Crippen LogP contribution in [-0.2, 0) is 0 Å². The Morgan fingerprint density at radius 1 is 0.368 bits per heavy atom. The van der Waals surface area contributed by atoms with Gasteiger partial charge in [-0.3, -0.25) is 9.13 Å². The smallest absolute Gasteiger partial charge is 0.307 e. The molecule has 0 atom stereocenters. The Morgan fingerprint density at radius 2 is 0.930 bits per heavy atom. The molecular formula is C50H30N6O. The summed E-state index contributed by atoms with van der Waals surface area (Å²) >= 11 is 0. The number of aromatic nitrogens is 6. The van der Waals surface area contributed by atoms with Crippen molar-refractivity contribution in [1.82, 2.24) is 29.1 Å². The molecule has 0 saturated carbocycles. The average Bonchev–Trinajstić information content (AvgIpc) is 3.96. The molecule has 266 valence electrons. The van der Waals surface area contributed by atoms with Crippen LogP contribution in [0.4, 0.5) is 0 Å². The highest BCUT2D eigenvalue weighted by Crippen LogP contribution is 2.42. The predicted octanol–water partition coefficient (Wildman–Crippen LogP) is 12.4. The minimum absolute atomic E-state index is 0.499. The molecule has 12 rings (SSSR count). The maximum absolute atomic E-state index is 6.52. The highest BCUT2D eigenvalue weighted by molar-refractivity contribution is 6.23. The van der Waals surface area contributed by atoms with Gasteiger partial charge in [-0.25, -0.2) is 4.98 Å². The third kappa shape index (κ3) is 4.86. The second kappa shape index (κ2) is 12.3. The summed E-state index contributed by atoms with van der Waals surface area (Å²) in [6, 6.07) is 63.3. The summed E-state index contributed by atoms with van der Waals surface area (Å²) < 4.78 is 10.9. The first-order valence-corrected chi connectivity index (χ1v) is 19.0. The molecule has 57 heavy (non-hydrogen) atoms. The standard InChI is InChI=1S/C50H30N6O/c1-2-14-33(15-3-1)47-52-48(34-27-25-32(26-28-34)36-20-12-16-31-13-4-5-17-35(31)36)54-49(53-47)55-42-22-9-6-18-37(42)39-29-30-40-38-19-7-10-23-43(38)56(46(40)45(39)55)50-51-41-21-8-11-24-44(41)57-50/h1-30H. The van der Waals surface area contributed by atoms with E-state index >= 15 is 0 Å². The van der Waals surface area contributed by atoms with Gasteiger partial charge in [0.15, 0.2) is 17.2 Å². The number of oxazole rings is 1. The van der Waals surface area contributed by atoms with Gasteiger partial charge in [0.25, 0.3) is 0 Å². The number of rotatable bonds is 5. The van der Waals surface area contributed by atoms with E-state index < -0.39 is 0 Å². The Kier molecular flexibility index (Phi) is 6.79. The van der Waals surface area contributed by atoms with Gasteiger partial charge in [-0.2, -0.15) is 15.0 Å². The largest absolute Gasteiger partial charge is 0.423 e. The number of para-hydroxylation sites is 4. The van der Waals surface area contributed by atoms with Gasteiger partial charge in [0.2, 0.25) is 5.95 Å². The zero-order valence-electron chi connectivity index (χ0n) is 30.4. The maximum atomic E-state index is 6.52. The minimum atomic E-state index is 0.499. The van der Waals surface area contributed by atoms with Crippen molar-refractivity contribution in [2.24, 2.45) is 0 Å². The van der Waals surface area contributed by atoms with E-state index in [4.69, 9.17) is 24.4 Å². The van der Waals surface area contributed by atoms with Crippen molar-refractivity contribution < 1.29 is 4.42 Å². The Hall–Kier alpha value is -7.90. The lowest BCUT2D eigenvalue weighted by molar-refractivity contribution is 0.574. The zero-order chi connectivity index (χ0) is 37.5. The van der Waals surface area contributed by atoms with Crippen LogP contribution >= 0.6 is 0 Å². The lowest BCUT2D eigenvalue weighted by Gasteiger charge is -2.12. The van der Waals surface area contributed by atoms with Crippen LogP contribution in [-0.4, -0.2) is 29.1 Å². The van der Waals surface area contributed by atoms with Crippen molar-refractivity contribution in [2.75, 3.05) is 0 Å². The monoisotopic (exact) mass is 730 g/mol. The summed E-state index contributed by atoms with van der Waals surface area (Å²) in [6.45, 7) is 0. The van der Waals surface area contributed by atoms with Gasteiger partial charge >= 0.3 is 6.01 Å². The Labute approximate surface area is 325 Å². The van der Waals surface area contributed by atoms with Crippen LogP contribution in [0.15, 0.2) is 186 Å². The second-order valence-corrected chi connectivity index (χ2v) is 14.3. The molecule has 0 aliphatic rings. The van der Waals surface area contributed by atoms with Crippen molar-refractivity contribution in [3.8, 4) is 45.9 Å². The van der Waals surface area contributed by atoms with E-state index in [1.54, 1.807) is 0 Å². The van der Waals surface area contributed by atoms with Crippen molar-refractivity contribution in [2.45, 2.75) is 0 Å². The lowest BCUT2D eigenvalue weighted by atomic mass is 9.97. The fraction of sp³-hybridized carbons (Fsp3) is 0. The van der Waals surface area contributed by atoms with Crippen LogP contribution in [0.3, 0.4) is 0 Å². The molecular weight excluding hydrogens is 701 g/mol. The van der Waals surface area contributed by atoms with Gasteiger partial charge in [-0.1, -0.05) is 158 Å².